The summed E-state index contributed by atoms with van der Waals surface area (Å²) in [6.45, 7) is 3.44. The zero-order valence-electron chi connectivity index (χ0n) is 11.3. The van der Waals surface area contributed by atoms with Gasteiger partial charge in [0.15, 0.2) is 5.82 Å². The van der Waals surface area contributed by atoms with Gasteiger partial charge in [0, 0.05) is 0 Å². The van der Waals surface area contributed by atoms with Gasteiger partial charge >= 0.3 is 6.18 Å². The van der Waals surface area contributed by atoms with Gasteiger partial charge in [0.05, 0.1) is 16.7 Å². The van der Waals surface area contributed by atoms with Crippen LogP contribution in [0.4, 0.5) is 17.6 Å². The zero-order valence-corrected chi connectivity index (χ0v) is 11.3. The number of aromatic nitrogens is 2. The van der Waals surface area contributed by atoms with Crippen LogP contribution in [0.3, 0.4) is 0 Å². The zero-order chi connectivity index (χ0) is 15.8. The highest BCUT2D eigenvalue weighted by molar-refractivity contribution is 5.55. The minimum atomic E-state index is -4.59. The Hall–Kier alpha value is -1.96. The lowest BCUT2D eigenvalue weighted by Crippen LogP contribution is -2.33. The lowest BCUT2D eigenvalue weighted by Gasteiger charge is -2.16. The lowest BCUT2D eigenvalue weighted by molar-refractivity contribution is -0.137. The van der Waals surface area contributed by atoms with Crippen molar-refractivity contribution in [1.82, 2.24) is 10.1 Å². The maximum atomic E-state index is 13.7. The van der Waals surface area contributed by atoms with Gasteiger partial charge in [-0.2, -0.15) is 18.2 Å². The molecule has 0 spiro atoms. The van der Waals surface area contributed by atoms with Crippen LogP contribution in [0.5, 0.6) is 0 Å². The van der Waals surface area contributed by atoms with Gasteiger partial charge in [0.25, 0.3) is 5.89 Å². The standard InChI is InChI=1S/C13H13F4N3O/c1-3-12(2,18)11-19-10(21-20-11)8-6-7(13(15,16)17)4-5-9(8)14/h4-6H,3,18H2,1-2H3. The van der Waals surface area contributed by atoms with Crippen molar-refractivity contribution in [1.29, 1.82) is 0 Å². The monoisotopic (exact) mass is 303 g/mol. The summed E-state index contributed by atoms with van der Waals surface area (Å²) in [6, 6.07) is 1.99. The van der Waals surface area contributed by atoms with Crippen molar-refractivity contribution in [3.8, 4) is 11.5 Å². The number of halogens is 4. The highest BCUT2D eigenvalue weighted by Crippen LogP contribution is 2.33. The second kappa shape index (κ2) is 5.10. The van der Waals surface area contributed by atoms with Crippen LogP contribution in [0.1, 0.15) is 31.7 Å². The molecule has 1 heterocycles. The summed E-state index contributed by atoms with van der Waals surface area (Å²) in [4.78, 5) is 3.90. The summed E-state index contributed by atoms with van der Waals surface area (Å²) in [5.41, 5.74) is 3.60. The number of rotatable bonds is 3. The van der Waals surface area contributed by atoms with Gasteiger partial charge in [-0.3, -0.25) is 0 Å². The summed E-state index contributed by atoms with van der Waals surface area (Å²) in [6.07, 6.45) is -4.10. The predicted molar refractivity (Wildman–Crippen MR) is 66.5 cm³/mol. The van der Waals surface area contributed by atoms with E-state index in [-0.39, 0.29) is 11.7 Å². The van der Waals surface area contributed by atoms with Crippen LogP contribution >= 0.6 is 0 Å². The Labute approximate surface area is 118 Å². The molecule has 114 valence electrons. The van der Waals surface area contributed by atoms with Crippen molar-refractivity contribution >= 4 is 0 Å². The topological polar surface area (TPSA) is 64.9 Å². The van der Waals surface area contributed by atoms with Crippen molar-refractivity contribution in [2.75, 3.05) is 0 Å². The Morgan fingerprint density at radius 2 is 1.95 bits per heavy atom. The van der Waals surface area contributed by atoms with Gasteiger partial charge in [0.1, 0.15) is 5.82 Å². The van der Waals surface area contributed by atoms with Crippen LogP contribution in [-0.4, -0.2) is 10.1 Å². The van der Waals surface area contributed by atoms with E-state index in [2.05, 4.69) is 10.1 Å². The minimum Gasteiger partial charge on any atom is -0.334 e. The molecule has 0 aliphatic rings. The molecule has 0 radical (unpaired) electrons. The lowest BCUT2D eigenvalue weighted by atomic mass is 10.00. The van der Waals surface area contributed by atoms with Crippen LogP contribution in [-0.2, 0) is 11.7 Å². The molecule has 8 heteroatoms. The van der Waals surface area contributed by atoms with E-state index in [1.165, 1.54) is 0 Å². The summed E-state index contributed by atoms with van der Waals surface area (Å²) in [5, 5.41) is 3.61. The Kier molecular flexibility index (Phi) is 3.75. The van der Waals surface area contributed by atoms with Crippen molar-refractivity contribution in [3.05, 3.63) is 35.4 Å². The maximum absolute atomic E-state index is 13.7. The van der Waals surface area contributed by atoms with E-state index in [1.807, 2.05) is 0 Å². The van der Waals surface area contributed by atoms with E-state index >= 15 is 0 Å². The molecule has 0 fully saturated rings. The molecule has 0 bridgehead atoms. The minimum absolute atomic E-state index is 0.108. The predicted octanol–water partition coefficient (Wildman–Crippen LogP) is 3.48. The summed E-state index contributed by atoms with van der Waals surface area (Å²) in [7, 11) is 0. The summed E-state index contributed by atoms with van der Waals surface area (Å²) < 4.78 is 56.5. The molecule has 2 N–H and O–H groups in total. The van der Waals surface area contributed by atoms with Gasteiger partial charge < -0.3 is 10.3 Å². The largest absolute Gasteiger partial charge is 0.416 e. The van der Waals surface area contributed by atoms with Crippen molar-refractivity contribution in [2.24, 2.45) is 5.73 Å². The molecule has 1 unspecified atom stereocenters. The number of nitrogens with zero attached hydrogens (tertiary/aromatic N) is 2. The highest BCUT2D eigenvalue weighted by atomic mass is 19.4. The van der Waals surface area contributed by atoms with Crippen molar-refractivity contribution in [2.45, 2.75) is 32.0 Å². The average molecular weight is 303 g/mol. The van der Waals surface area contributed by atoms with Gasteiger partial charge in [-0.1, -0.05) is 12.1 Å². The van der Waals surface area contributed by atoms with Crippen molar-refractivity contribution < 1.29 is 22.1 Å². The molecule has 1 aromatic carbocycles. The molecule has 4 nitrogen and oxygen atoms in total. The van der Waals surface area contributed by atoms with Crippen LogP contribution in [0.15, 0.2) is 22.7 Å². The van der Waals surface area contributed by atoms with Crippen LogP contribution < -0.4 is 5.73 Å². The molecule has 2 aromatic rings. The highest BCUT2D eigenvalue weighted by Gasteiger charge is 2.32. The molecule has 21 heavy (non-hydrogen) atoms. The van der Waals surface area contributed by atoms with Crippen LogP contribution in [0.2, 0.25) is 0 Å². The van der Waals surface area contributed by atoms with Crippen LogP contribution in [0.25, 0.3) is 11.5 Å². The molecule has 2 rings (SSSR count). The molecule has 0 saturated heterocycles. The number of nitrogens with two attached hydrogens (primary N) is 1. The van der Waals surface area contributed by atoms with Crippen molar-refractivity contribution in [3.63, 3.8) is 0 Å². The fraction of sp³-hybridized carbons (Fsp3) is 0.385. The summed E-state index contributed by atoms with van der Waals surface area (Å²) in [5.74, 6) is -1.11. The third-order valence-corrected chi connectivity index (χ3v) is 3.20. The second-order valence-corrected chi connectivity index (χ2v) is 4.89. The van der Waals surface area contributed by atoms with Gasteiger partial charge in [-0.15, -0.1) is 0 Å². The molecule has 0 aliphatic heterocycles. The summed E-state index contributed by atoms with van der Waals surface area (Å²) >= 11 is 0. The number of hydrogen-bond acceptors (Lipinski definition) is 4. The first-order chi connectivity index (χ1) is 9.65. The first-order valence-corrected chi connectivity index (χ1v) is 6.15. The SMILES string of the molecule is CCC(C)(N)c1noc(-c2cc(C(F)(F)F)ccc2F)n1. The number of hydrogen-bond donors (Lipinski definition) is 1. The quantitative estimate of drug-likeness (QED) is 0.882. The van der Waals surface area contributed by atoms with Crippen LogP contribution in [0, 0.1) is 5.82 Å². The van der Waals surface area contributed by atoms with Gasteiger partial charge in [-0.25, -0.2) is 4.39 Å². The number of benzene rings is 1. The molecular formula is C13H13F4N3O. The van der Waals surface area contributed by atoms with E-state index in [0.29, 0.717) is 24.6 Å². The molecule has 1 aromatic heterocycles. The maximum Gasteiger partial charge on any atom is 0.416 e. The Morgan fingerprint density at radius 3 is 2.52 bits per heavy atom. The Morgan fingerprint density at radius 1 is 1.29 bits per heavy atom. The van der Waals surface area contributed by atoms with E-state index in [1.54, 1.807) is 13.8 Å². The Balaban J connectivity index is 2.48. The van der Waals surface area contributed by atoms with E-state index in [4.69, 9.17) is 10.3 Å². The molecule has 1 atom stereocenters. The smallest absolute Gasteiger partial charge is 0.334 e. The fourth-order valence-electron chi connectivity index (χ4n) is 1.59. The van der Waals surface area contributed by atoms with Gasteiger partial charge in [0.2, 0.25) is 0 Å². The second-order valence-electron chi connectivity index (χ2n) is 4.89. The fourth-order valence-corrected chi connectivity index (χ4v) is 1.59. The molecule has 0 amide bonds. The molecule has 0 aliphatic carbocycles. The first-order valence-electron chi connectivity index (χ1n) is 6.15. The normalized spacial score (nSPS) is 15.0. The molecular weight excluding hydrogens is 290 g/mol. The van der Waals surface area contributed by atoms with E-state index < -0.39 is 28.7 Å². The number of alkyl halides is 3. The van der Waals surface area contributed by atoms with E-state index in [9.17, 15) is 17.6 Å². The third kappa shape index (κ3) is 3.05. The van der Waals surface area contributed by atoms with E-state index in [0.717, 1.165) is 0 Å². The molecule has 0 saturated carbocycles. The Bertz CT molecular complexity index is 649. The average Bonchev–Trinajstić information content (AvgIpc) is 2.88. The van der Waals surface area contributed by atoms with Gasteiger partial charge in [-0.05, 0) is 31.5 Å². The first kappa shape index (κ1) is 15.4. The third-order valence-electron chi connectivity index (χ3n) is 3.20.